The third-order valence-corrected chi connectivity index (χ3v) is 16.9. The van der Waals surface area contributed by atoms with Crippen LogP contribution in [-0.2, 0) is 27.9 Å². The van der Waals surface area contributed by atoms with E-state index in [-0.39, 0.29) is 38.5 Å². The molecule has 2 aromatic rings. The van der Waals surface area contributed by atoms with Crippen LogP contribution in [0.25, 0.3) is 10.9 Å². The third-order valence-electron chi connectivity index (χ3n) is 16.9. The average molecular weight is 692 g/mol. The fourth-order valence-corrected chi connectivity index (χ4v) is 13.9. The van der Waals surface area contributed by atoms with Gasteiger partial charge in [-0.1, -0.05) is 90.2 Å². The molecule has 5 nitrogen and oxygen atoms in total. The number of piperazine rings is 1. The molecule has 1 aromatic heterocycles. The summed E-state index contributed by atoms with van der Waals surface area (Å²) in [6.45, 7) is 24.1. The fourth-order valence-electron chi connectivity index (χ4n) is 13.9. The number of esters is 1. The highest BCUT2D eigenvalue weighted by Gasteiger charge is 2.69. The molecular formula is C46H65N3O2. The van der Waals surface area contributed by atoms with Crippen LogP contribution < -0.4 is 0 Å². The topological polar surface area (TPSA) is 37.7 Å². The van der Waals surface area contributed by atoms with Crippen LogP contribution >= 0.6 is 0 Å². The quantitative estimate of drug-likeness (QED) is 0.183. The largest absolute Gasteiger partial charge is 0.469 e. The highest BCUT2D eigenvalue weighted by atomic mass is 16.5. The minimum atomic E-state index is -0.350. The van der Waals surface area contributed by atoms with E-state index in [4.69, 9.17) is 4.74 Å². The Hall–Kier alpha value is -2.55. The number of ether oxygens (including phenoxy) is 1. The molecule has 0 N–H and O–H groups in total. The van der Waals surface area contributed by atoms with Crippen LogP contribution in [0.4, 0.5) is 0 Å². The molecule has 0 bridgehead atoms. The Balaban J connectivity index is 1.17. The lowest BCUT2D eigenvalue weighted by Gasteiger charge is -2.70. The van der Waals surface area contributed by atoms with Crippen molar-refractivity contribution in [1.29, 1.82) is 0 Å². The van der Waals surface area contributed by atoms with Crippen molar-refractivity contribution in [2.45, 2.75) is 118 Å². The minimum Gasteiger partial charge on any atom is -0.469 e. The molecule has 6 aliphatic rings. The van der Waals surface area contributed by atoms with E-state index in [1.807, 2.05) is 0 Å². The van der Waals surface area contributed by atoms with Crippen molar-refractivity contribution in [3.63, 3.8) is 0 Å². The molecule has 0 spiro atoms. The molecule has 276 valence electrons. The molecule has 5 heteroatoms. The van der Waals surface area contributed by atoms with Crippen LogP contribution in [0.5, 0.6) is 0 Å². The van der Waals surface area contributed by atoms with E-state index < -0.39 is 0 Å². The molecule has 5 aliphatic carbocycles. The van der Waals surface area contributed by atoms with Crippen LogP contribution in [0.15, 0.2) is 35.9 Å². The van der Waals surface area contributed by atoms with Gasteiger partial charge in [0.05, 0.1) is 25.6 Å². The number of nitrogens with zero attached hydrogens (tertiary/aromatic N) is 3. The molecule has 7 atom stereocenters. The number of allylic oxidation sites excluding steroid dienone is 2. The van der Waals surface area contributed by atoms with Gasteiger partial charge in [0.2, 0.25) is 0 Å². The number of carbonyl (C=O) groups excluding carboxylic acids is 1. The monoisotopic (exact) mass is 692 g/mol. The Kier molecular flexibility index (Phi) is 8.33. The van der Waals surface area contributed by atoms with E-state index in [1.54, 1.807) is 23.9 Å². The van der Waals surface area contributed by atoms with E-state index in [0.29, 0.717) is 17.8 Å². The van der Waals surface area contributed by atoms with Gasteiger partial charge in [-0.15, -0.1) is 0 Å². The Morgan fingerprint density at radius 3 is 2.33 bits per heavy atom. The van der Waals surface area contributed by atoms with Gasteiger partial charge in [-0.3, -0.25) is 9.69 Å². The lowest BCUT2D eigenvalue weighted by molar-refractivity contribution is -0.179. The van der Waals surface area contributed by atoms with Gasteiger partial charge in [0.15, 0.2) is 0 Å². The van der Waals surface area contributed by atoms with E-state index in [0.717, 1.165) is 84.2 Å². The number of carbonyl (C=O) groups is 1. The van der Waals surface area contributed by atoms with E-state index >= 15 is 0 Å². The number of fused-ring (bicyclic) bond motifs is 10. The molecule has 0 radical (unpaired) electrons. The molecule has 0 amide bonds. The maximum Gasteiger partial charge on any atom is 0.312 e. The number of hydrogen-bond acceptors (Lipinski definition) is 4. The summed E-state index contributed by atoms with van der Waals surface area (Å²) in [7, 11) is 3.84. The summed E-state index contributed by atoms with van der Waals surface area (Å²) < 4.78 is 8.24. The summed E-state index contributed by atoms with van der Waals surface area (Å²) in [5.74, 6) is 8.78. The number of para-hydroxylation sites is 1. The SMILES string of the molecule is COC(=O)[C@]12CCC(C)(C)C[C@H]1C1=CC[C@@H]3[C@@]4(C)Cc5c(n(CC#CCN6CCN(C)CC6)c6ccccc56)C(C)(C)[C@@H]4CC[C@@]3(C)[C@]1(C)CC2. The summed E-state index contributed by atoms with van der Waals surface area (Å²) in [5.41, 5.74) is 6.51. The number of likely N-dealkylation sites (N-methyl/N-ethyl adjacent to an activating group) is 1. The Morgan fingerprint density at radius 1 is 0.882 bits per heavy atom. The molecule has 4 fully saturated rings. The first-order valence-electron chi connectivity index (χ1n) is 20.4. The fraction of sp³-hybridized carbons (Fsp3) is 0.717. The number of benzene rings is 1. The van der Waals surface area contributed by atoms with Gasteiger partial charge < -0.3 is 14.2 Å². The van der Waals surface area contributed by atoms with Gasteiger partial charge in [0, 0.05) is 48.2 Å². The first-order valence-corrected chi connectivity index (χ1v) is 20.4. The van der Waals surface area contributed by atoms with Crippen LogP contribution in [0.2, 0.25) is 0 Å². The second-order valence-corrected chi connectivity index (χ2v) is 20.1. The van der Waals surface area contributed by atoms with Crippen molar-refractivity contribution in [1.82, 2.24) is 14.4 Å². The number of rotatable bonds is 3. The zero-order valence-electron chi connectivity index (χ0n) is 33.4. The number of aromatic nitrogens is 1. The molecular weight excluding hydrogens is 627 g/mol. The molecule has 1 aromatic carbocycles. The first-order chi connectivity index (χ1) is 24.1. The minimum absolute atomic E-state index is 0.0344. The zero-order valence-corrected chi connectivity index (χ0v) is 33.4. The number of methoxy groups -OCH3 is 1. The maximum absolute atomic E-state index is 13.7. The predicted octanol–water partition coefficient (Wildman–Crippen LogP) is 8.88. The average Bonchev–Trinajstić information content (AvgIpc) is 3.40. The van der Waals surface area contributed by atoms with Crippen molar-refractivity contribution in [2.24, 2.45) is 44.8 Å². The molecule has 2 heterocycles. The van der Waals surface area contributed by atoms with Crippen molar-refractivity contribution in [2.75, 3.05) is 46.9 Å². The maximum atomic E-state index is 13.7. The highest BCUT2D eigenvalue weighted by Crippen LogP contribution is 2.75. The molecule has 8 rings (SSSR count). The van der Waals surface area contributed by atoms with Gasteiger partial charge in [-0.2, -0.15) is 0 Å². The standard InChI is InChI=1S/C46H65N3O2/c1-41(2)20-22-46(40(50)51-9)23-21-44(6)34(35(46)31-41)16-17-38-43(5)30-33-32-14-10-11-15-36(32)49(25-13-12-24-48-28-26-47(8)27-29-48)39(33)42(3,4)37(43)18-19-45(38,44)7/h10-11,14-16,35,37-38H,17-31H2,1-9H3/t35-,37-,38+,43-,44+,45+,46-/m0/s1. The summed E-state index contributed by atoms with van der Waals surface area (Å²) in [5, 5.41) is 1.44. The lowest BCUT2D eigenvalue weighted by Crippen LogP contribution is -2.65. The second-order valence-electron chi connectivity index (χ2n) is 20.1. The first kappa shape index (κ1) is 35.5. The molecule has 1 aliphatic heterocycles. The predicted molar refractivity (Wildman–Crippen MR) is 208 cm³/mol. The normalized spacial score (nSPS) is 38.5. The smallest absolute Gasteiger partial charge is 0.312 e. The van der Waals surface area contributed by atoms with Gasteiger partial charge in [0.25, 0.3) is 0 Å². The van der Waals surface area contributed by atoms with Crippen LogP contribution in [0, 0.1) is 56.7 Å². The van der Waals surface area contributed by atoms with Gasteiger partial charge in [0.1, 0.15) is 0 Å². The van der Waals surface area contributed by atoms with Crippen molar-refractivity contribution in [3.8, 4) is 11.8 Å². The van der Waals surface area contributed by atoms with E-state index in [1.165, 1.54) is 23.7 Å². The Morgan fingerprint density at radius 2 is 1.59 bits per heavy atom. The summed E-state index contributed by atoms with van der Waals surface area (Å²) in [6, 6.07) is 9.21. The van der Waals surface area contributed by atoms with Gasteiger partial charge in [-0.05, 0) is 116 Å². The molecule has 0 unspecified atom stereocenters. The van der Waals surface area contributed by atoms with Gasteiger partial charge >= 0.3 is 5.97 Å². The molecule has 1 saturated heterocycles. The summed E-state index contributed by atoms with van der Waals surface area (Å²) in [6.07, 6.45) is 12.7. The van der Waals surface area contributed by atoms with Crippen LogP contribution in [0.3, 0.4) is 0 Å². The second kappa shape index (κ2) is 12.0. The van der Waals surface area contributed by atoms with Crippen LogP contribution in [0.1, 0.15) is 111 Å². The lowest BCUT2D eigenvalue weighted by atomic mass is 9.33. The molecule has 3 saturated carbocycles. The van der Waals surface area contributed by atoms with Crippen molar-refractivity contribution >= 4 is 16.9 Å². The summed E-state index contributed by atoms with van der Waals surface area (Å²) in [4.78, 5) is 18.6. The summed E-state index contributed by atoms with van der Waals surface area (Å²) >= 11 is 0. The Bertz CT molecular complexity index is 1810. The number of hydrogen-bond donors (Lipinski definition) is 0. The third kappa shape index (κ3) is 5.04. The van der Waals surface area contributed by atoms with Crippen molar-refractivity contribution in [3.05, 3.63) is 47.2 Å². The van der Waals surface area contributed by atoms with Crippen molar-refractivity contribution < 1.29 is 9.53 Å². The van der Waals surface area contributed by atoms with Crippen LogP contribution in [-0.4, -0.2) is 67.2 Å². The van der Waals surface area contributed by atoms with Gasteiger partial charge in [-0.25, -0.2) is 0 Å². The molecule has 51 heavy (non-hydrogen) atoms. The van der Waals surface area contributed by atoms with E-state index in [2.05, 4.69) is 112 Å². The zero-order chi connectivity index (χ0) is 36.2. The highest BCUT2D eigenvalue weighted by molar-refractivity contribution is 5.87. The van der Waals surface area contributed by atoms with E-state index in [9.17, 15) is 4.79 Å². The Labute approximate surface area is 308 Å².